The largest absolute Gasteiger partial charge is 0.495 e. The van der Waals surface area contributed by atoms with Gasteiger partial charge >= 0.3 is 0 Å². The summed E-state index contributed by atoms with van der Waals surface area (Å²) in [6.45, 7) is 5.91. The molecule has 0 bridgehead atoms. The van der Waals surface area contributed by atoms with Crippen molar-refractivity contribution in [1.82, 2.24) is 4.90 Å². The third-order valence-corrected chi connectivity index (χ3v) is 3.51. The summed E-state index contributed by atoms with van der Waals surface area (Å²) in [4.78, 5) is 6.49. The van der Waals surface area contributed by atoms with Gasteiger partial charge < -0.3 is 15.4 Å². The topological polar surface area (TPSA) is 50.9 Å². The molecule has 5 heteroatoms. The van der Waals surface area contributed by atoms with Crippen LogP contribution in [0.3, 0.4) is 0 Å². The van der Waals surface area contributed by atoms with Crippen LogP contribution in [0.1, 0.15) is 25.5 Å². The maximum atomic E-state index is 6.19. The third kappa shape index (κ3) is 2.95. The van der Waals surface area contributed by atoms with Crippen molar-refractivity contribution < 1.29 is 4.74 Å². The second kappa shape index (κ2) is 5.70. The Morgan fingerprint density at radius 1 is 1.53 bits per heavy atom. The number of nitrogens with zero attached hydrogens (tertiary/aromatic N) is 2. The lowest BCUT2D eigenvalue weighted by Gasteiger charge is -2.28. The van der Waals surface area contributed by atoms with Gasteiger partial charge in [-0.2, -0.15) is 0 Å². The van der Waals surface area contributed by atoms with Gasteiger partial charge in [-0.3, -0.25) is 4.99 Å². The molecule has 1 aromatic rings. The van der Waals surface area contributed by atoms with Crippen LogP contribution in [-0.4, -0.2) is 31.1 Å². The second-order valence-electron chi connectivity index (χ2n) is 5.15. The first-order valence-electron chi connectivity index (χ1n) is 6.43. The number of rotatable bonds is 4. The van der Waals surface area contributed by atoms with Gasteiger partial charge in [0.05, 0.1) is 24.7 Å². The molecule has 1 aromatic carbocycles. The lowest BCUT2D eigenvalue weighted by Crippen LogP contribution is -2.38. The molecule has 0 spiro atoms. The van der Waals surface area contributed by atoms with E-state index in [9.17, 15) is 0 Å². The highest BCUT2D eigenvalue weighted by Crippen LogP contribution is 2.32. The molecule has 2 rings (SSSR count). The number of nitrogens with two attached hydrogens (primary N) is 1. The number of ether oxygens (including phenoxy) is 1. The highest BCUT2D eigenvalue weighted by Gasteiger charge is 2.28. The van der Waals surface area contributed by atoms with Crippen LogP contribution in [0.2, 0.25) is 5.02 Å². The van der Waals surface area contributed by atoms with Crippen LogP contribution in [0.4, 0.5) is 0 Å². The molecule has 0 aromatic heterocycles. The molecule has 0 saturated heterocycles. The van der Waals surface area contributed by atoms with E-state index in [1.54, 1.807) is 7.11 Å². The fourth-order valence-electron chi connectivity index (χ4n) is 2.32. The summed E-state index contributed by atoms with van der Waals surface area (Å²) >= 11 is 6.19. The molecule has 0 amide bonds. The van der Waals surface area contributed by atoms with Crippen molar-refractivity contribution in [2.24, 2.45) is 16.6 Å². The van der Waals surface area contributed by atoms with Gasteiger partial charge in [0.15, 0.2) is 5.96 Å². The van der Waals surface area contributed by atoms with E-state index in [-0.39, 0.29) is 6.04 Å². The third-order valence-electron chi connectivity index (χ3n) is 3.22. The Kier molecular flexibility index (Phi) is 4.20. The highest BCUT2D eigenvalue weighted by molar-refractivity contribution is 6.32. The Balaban J connectivity index is 2.23. The molecular formula is C14H20ClN3O. The van der Waals surface area contributed by atoms with Crippen molar-refractivity contribution in [3.8, 4) is 5.75 Å². The normalized spacial score (nSPS) is 18.9. The van der Waals surface area contributed by atoms with Gasteiger partial charge in [-0.1, -0.05) is 31.5 Å². The van der Waals surface area contributed by atoms with Gasteiger partial charge in [-0.25, -0.2) is 0 Å². The smallest absolute Gasteiger partial charge is 0.191 e. The second-order valence-corrected chi connectivity index (χ2v) is 5.56. The van der Waals surface area contributed by atoms with Gasteiger partial charge in [0, 0.05) is 6.54 Å². The Labute approximate surface area is 119 Å². The summed E-state index contributed by atoms with van der Waals surface area (Å²) in [5, 5.41) is 0.620. The molecule has 0 saturated carbocycles. The monoisotopic (exact) mass is 281 g/mol. The number of methoxy groups -OCH3 is 1. The van der Waals surface area contributed by atoms with E-state index in [2.05, 4.69) is 23.7 Å². The van der Waals surface area contributed by atoms with Gasteiger partial charge in [0.1, 0.15) is 5.75 Å². The number of benzene rings is 1. The van der Waals surface area contributed by atoms with Crippen LogP contribution in [0, 0.1) is 5.92 Å². The van der Waals surface area contributed by atoms with Crippen molar-refractivity contribution in [3.63, 3.8) is 0 Å². The van der Waals surface area contributed by atoms with Crippen molar-refractivity contribution in [3.05, 3.63) is 28.8 Å². The first-order chi connectivity index (χ1) is 9.02. The SMILES string of the molecule is COc1ccc(C2CN=C(N)N2CC(C)C)cc1Cl. The summed E-state index contributed by atoms with van der Waals surface area (Å²) in [6, 6.07) is 6.02. The van der Waals surface area contributed by atoms with E-state index in [4.69, 9.17) is 22.1 Å². The Morgan fingerprint density at radius 2 is 2.26 bits per heavy atom. The van der Waals surface area contributed by atoms with Crippen molar-refractivity contribution in [1.29, 1.82) is 0 Å². The molecule has 19 heavy (non-hydrogen) atoms. The van der Waals surface area contributed by atoms with Gasteiger partial charge in [-0.05, 0) is 23.6 Å². The maximum absolute atomic E-state index is 6.19. The molecule has 4 nitrogen and oxygen atoms in total. The zero-order chi connectivity index (χ0) is 14.0. The number of guanidine groups is 1. The number of hydrogen-bond acceptors (Lipinski definition) is 4. The molecule has 104 valence electrons. The predicted molar refractivity (Wildman–Crippen MR) is 78.8 cm³/mol. The van der Waals surface area contributed by atoms with Gasteiger partial charge in [0.2, 0.25) is 0 Å². The minimum Gasteiger partial charge on any atom is -0.495 e. The van der Waals surface area contributed by atoms with Crippen LogP contribution in [0.5, 0.6) is 5.75 Å². The lowest BCUT2D eigenvalue weighted by molar-refractivity contribution is 0.309. The van der Waals surface area contributed by atoms with E-state index < -0.39 is 0 Å². The average molecular weight is 282 g/mol. The van der Waals surface area contributed by atoms with Crippen LogP contribution in [-0.2, 0) is 0 Å². The molecule has 1 unspecified atom stereocenters. The van der Waals surface area contributed by atoms with E-state index in [1.807, 2.05) is 18.2 Å². The zero-order valence-corrected chi connectivity index (χ0v) is 12.3. The van der Waals surface area contributed by atoms with E-state index in [0.717, 1.165) is 12.1 Å². The van der Waals surface area contributed by atoms with Crippen molar-refractivity contribution in [2.75, 3.05) is 20.2 Å². The van der Waals surface area contributed by atoms with Crippen molar-refractivity contribution in [2.45, 2.75) is 19.9 Å². The molecular weight excluding hydrogens is 262 g/mol. The number of halogens is 1. The van der Waals surface area contributed by atoms with E-state index >= 15 is 0 Å². The summed E-state index contributed by atoms with van der Waals surface area (Å²) in [6.07, 6.45) is 0. The minimum absolute atomic E-state index is 0.172. The molecule has 2 N–H and O–H groups in total. The highest BCUT2D eigenvalue weighted by atomic mass is 35.5. The van der Waals surface area contributed by atoms with Crippen LogP contribution in [0.15, 0.2) is 23.2 Å². The fourth-order valence-corrected chi connectivity index (χ4v) is 2.58. The first kappa shape index (κ1) is 14.0. The fraction of sp³-hybridized carbons (Fsp3) is 0.500. The Morgan fingerprint density at radius 3 is 2.84 bits per heavy atom. The summed E-state index contributed by atoms with van der Waals surface area (Å²) < 4.78 is 5.18. The van der Waals surface area contributed by atoms with E-state index in [0.29, 0.717) is 29.2 Å². The molecule has 1 heterocycles. The minimum atomic E-state index is 0.172. The predicted octanol–water partition coefficient (Wildman–Crippen LogP) is 2.68. The molecule has 1 aliphatic heterocycles. The lowest BCUT2D eigenvalue weighted by atomic mass is 10.0. The average Bonchev–Trinajstić information content (AvgIpc) is 2.70. The molecule has 1 atom stereocenters. The van der Waals surface area contributed by atoms with Crippen LogP contribution >= 0.6 is 11.6 Å². The van der Waals surface area contributed by atoms with Crippen molar-refractivity contribution >= 4 is 17.6 Å². The molecule has 0 fully saturated rings. The standard InChI is InChI=1S/C14H20ClN3O/c1-9(2)8-18-12(7-17-14(18)16)10-4-5-13(19-3)11(15)6-10/h4-6,9,12H,7-8H2,1-3H3,(H2,16,17). The molecule has 0 radical (unpaired) electrons. The first-order valence-corrected chi connectivity index (χ1v) is 6.80. The van der Waals surface area contributed by atoms with Crippen LogP contribution in [0.25, 0.3) is 0 Å². The summed E-state index contributed by atoms with van der Waals surface area (Å²) in [5.41, 5.74) is 7.09. The number of aliphatic imine (C=N–C) groups is 1. The Bertz CT molecular complexity index is 488. The van der Waals surface area contributed by atoms with Crippen LogP contribution < -0.4 is 10.5 Å². The number of hydrogen-bond donors (Lipinski definition) is 1. The van der Waals surface area contributed by atoms with E-state index in [1.165, 1.54) is 0 Å². The van der Waals surface area contributed by atoms with Gasteiger partial charge in [-0.15, -0.1) is 0 Å². The zero-order valence-electron chi connectivity index (χ0n) is 11.6. The summed E-state index contributed by atoms with van der Waals surface area (Å²) in [5.74, 6) is 1.83. The van der Waals surface area contributed by atoms with Gasteiger partial charge in [0.25, 0.3) is 0 Å². The molecule has 0 aliphatic carbocycles. The summed E-state index contributed by atoms with van der Waals surface area (Å²) in [7, 11) is 1.61. The quantitative estimate of drug-likeness (QED) is 0.923. The Hall–Kier alpha value is -1.42. The maximum Gasteiger partial charge on any atom is 0.191 e. The molecule has 1 aliphatic rings.